The van der Waals surface area contributed by atoms with Crippen molar-refractivity contribution in [3.05, 3.63) is 0 Å². The van der Waals surface area contributed by atoms with Crippen LogP contribution in [0.1, 0.15) is 60.8 Å². The molecule has 0 aromatic heterocycles. The quantitative estimate of drug-likeness (QED) is 0.729. The molecule has 8 nitrogen and oxygen atoms in total. The zero-order valence-electron chi connectivity index (χ0n) is 17.9. The number of hydrogen-bond donors (Lipinski definition) is 1. The Morgan fingerprint density at radius 3 is 1.86 bits per heavy atom. The van der Waals surface area contributed by atoms with Gasteiger partial charge in [-0.05, 0) is 54.4 Å². The third-order valence-corrected chi connectivity index (χ3v) is 5.00. The Balaban J connectivity index is 2.00. The zero-order valence-corrected chi connectivity index (χ0v) is 17.9. The molecule has 2 aliphatic rings. The summed E-state index contributed by atoms with van der Waals surface area (Å²) in [7, 11) is 0. The number of carbonyl (C=O) groups is 3. The lowest BCUT2D eigenvalue weighted by Crippen LogP contribution is -2.58. The summed E-state index contributed by atoms with van der Waals surface area (Å²) in [6, 6.07) is 0. The summed E-state index contributed by atoms with van der Waals surface area (Å²) in [5.74, 6) is -0.720. The molecule has 0 spiro atoms. The molecule has 8 heteroatoms. The Hall–Kier alpha value is -1.83. The minimum absolute atomic E-state index is 0.0481. The third-order valence-electron chi connectivity index (χ3n) is 5.00. The van der Waals surface area contributed by atoms with Crippen LogP contribution in [-0.2, 0) is 14.3 Å². The number of hydrogen-bond acceptors (Lipinski definition) is 6. The average Bonchev–Trinajstić information content (AvgIpc) is 2.52. The largest absolute Gasteiger partial charge is 0.444 e. The van der Waals surface area contributed by atoms with E-state index in [1.54, 1.807) is 46.4 Å². The molecule has 2 rings (SSSR count). The van der Waals surface area contributed by atoms with Gasteiger partial charge in [0.25, 0.3) is 0 Å². The Bertz CT molecular complexity index is 611. The van der Waals surface area contributed by atoms with Gasteiger partial charge >= 0.3 is 12.2 Å². The molecule has 2 heterocycles. The molecule has 0 radical (unpaired) electrons. The van der Waals surface area contributed by atoms with Crippen molar-refractivity contribution in [2.75, 3.05) is 26.2 Å². The van der Waals surface area contributed by atoms with Gasteiger partial charge in [-0.3, -0.25) is 4.79 Å². The summed E-state index contributed by atoms with van der Waals surface area (Å²) in [6.45, 7) is 11.8. The molecule has 2 aliphatic heterocycles. The molecule has 28 heavy (non-hydrogen) atoms. The van der Waals surface area contributed by atoms with E-state index in [9.17, 15) is 19.5 Å². The van der Waals surface area contributed by atoms with Crippen LogP contribution in [0.4, 0.5) is 9.59 Å². The summed E-state index contributed by atoms with van der Waals surface area (Å²) < 4.78 is 10.8. The van der Waals surface area contributed by atoms with E-state index in [0.717, 1.165) is 0 Å². The van der Waals surface area contributed by atoms with E-state index in [4.69, 9.17) is 9.47 Å². The first kappa shape index (κ1) is 22.5. The van der Waals surface area contributed by atoms with E-state index in [2.05, 4.69) is 0 Å². The number of amides is 2. The molecular weight excluding hydrogens is 364 g/mol. The highest BCUT2D eigenvalue weighted by atomic mass is 16.6. The van der Waals surface area contributed by atoms with Crippen LogP contribution in [0.25, 0.3) is 0 Å². The Kier molecular flexibility index (Phi) is 6.33. The number of aliphatic hydroxyl groups is 1. The molecule has 0 aliphatic carbocycles. The minimum Gasteiger partial charge on any atom is -0.444 e. The first-order valence-corrected chi connectivity index (χ1v) is 9.91. The Morgan fingerprint density at radius 1 is 0.929 bits per heavy atom. The molecule has 0 aromatic rings. The molecule has 0 aromatic carbocycles. The third kappa shape index (κ3) is 5.83. The van der Waals surface area contributed by atoms with Crippen molar-refractivity contribution in [1.82, 2.24) is 9.80 Å². The zero-order chi connectivity index (χ0) is 21.3. The topological polar surface area (TPSA) is 96.4 Å². The second-order valence-electron chi connectivity index (χ2n) is 9.77. The summed E-state index contributed by atoms with van der Waals surface area (Å²) in [4.78, 5) is 40.2. The van der Waals surface area contributed by atoms with Crippen molar-refractivity contribution in [2.45, 2.75) is 77.6 Å². The van der Waals surface area contributed by atoms with Gasteiger partial charge in [0.05, 0.1) is 11.5 Å². The van der Waals surface area contributed by atoms with Crippen molar-refractivity contribution in [1.29, 1.82) is 0 Å². The molecule has 2 saturated heterocycles. The highest BCUT2D eigenvalue weighted by Gasteiger charge is 2.47. The van der Waals surface area contributed by atoms with E-state index >= 15 is 0 Å². The van der Waals surface area contributed by atoms with Gasteiger partial charge in [0.2, 0.25) is 0 Å². The first-order chi connectivity index (χ1) is 12.7. The average molecular weight is 399 g/mol. The summed E-state index contributed by atoms with van der Waals surface area (Å²) >= 11 is 0. The molecule has 0 unspecified atom stereocenters. The molecule has 1 atom stereocenters. The number of nitrogens with zero attached hydrogens (tertiary/aromatic N) is 2. The minimum atomic E-state index is -1.24. The molecule has 2 fully saturated rings. The van der Waals surface area contributed by atoms with E-state index in [1.165, 1.54) is 4.90 Å². The maximum atomic E-state index is 12.5. The number of ether oxygens (including phenoxy) is 2. The number of carbonyl (C=O) groups excluding carboxylic acids is 3. The fraction of sp³-hybridized carbons (Fsp3) is 0.850. The van der Waals surface area contributed by atoms with Gasteiger partial charge in [-0.2, -0.15) is 0 Å². The monoisotopic (exact) mass is 398 g/mol. The summed E-state index contributed by atoms with van der Waals surface area (Å²) in [6.07, 6.45) is -0.155. The highest BCUT2D eigenvalue weighted by Crippen LogP contribution is 2.34. The SMILES string of the molecule is CC(C)(C)OC(=O)N1CCC(O)([C@H]2CN(C(=O)OC(C)(C)C)CCC2=O)CC1. The van der Waals surface area contributed by atoms with Crippen LogP contribution in [0.3, 0.4) is 0 Å². The fourth-order valence-corrected chi connectivity index (χ4v) is 3.55. The maximum Gasteiger partial charge on any atom is 0.410 e. The number of piperidine rings is 2. The van der Waals surface area contributed by atoms with Crippen LogP contribution >= 0.6 is 0 Å². The van der Waals surface area contributed by atoms with Crippen molar-refractivity contribution in [3.63, 3.8) is 0 Å². The molecule has 1 N–H and O–H groups in total. The number of Topliss-reactive ketones (excluding diaryl/α,β-unsaturated/α-hetero) is 1. The number of rotatable bonds is 1. The smallest absolute Gasteiger partial charge is 0.410 e. The molecule has 0 bridgehead atoms. The molecule has 160 valence electrons. The highest BCUT2D eigenvalue weighted by molar-refractivity contribution is 5.85. The molecule has 2 amide bonds. The summed E-state index contributed by atoms with van der Waals surface area (Å²) in [5.41, 5.74) is -2.45. The lowest BCUT2D eigenvalue weighted by Gasteiger charge is -2.45. The standard InChI is InChI=1S/C20H34N2O6/c1-18(2,3)27-16(24)21-11-8-20(26,9-12-21)14-13-22(10-7-15(14)23)17(25)28-19(4,5)6/h14,26H,7-13H2,1-6H3/t14-/m0/s1. The van der Waals surface area contributed by atoms with Gasteiger partial charge in [-0.1, -0.05) is 0 Å². The van der Waals surface area contributed by atoms with Crippen LogP contribution in [0.5, 0.6) is 0 Å². The van der Waals surface area contributed by atoms with Crippen molar-refractivity contribution in [2.24, 2.45) is 5.92 Å². The van der Waals surface area contributed by atoms with Gasteiger partial charge in [0.1, 0.15) is 17.0 Å². The van der Waals surface area contributed by atoms with Crippen LogP contribution in [0, 0.1) is 5.92 Å². The van der Waals surface area contributed by atoms with Crippen molar-refractivity contribution >= 4 is 18.0 Å². The maximum absolute atomic E-state index is 12.5. The van der Waals surface area contributed by atoms with Gasteiger partial charge in [-0.25, -0.2) is 9.59 Å². The number of ketones is 1. The second kappa shape index (κ2) is 7.89. The Labute approximate surface area is 167 Å². The molecular formula is C20H34N2O6. The first-order valence-electron chi connectivity index (χ1n) is 9.91. The van der Waals surface area contributed by atoms with Crippen LogP contribution in [-0.4, -0.2) is 75.9 Å². The van der Waals surface area contributed by atoms with Crippen molar-refractivity contribution < 1.29 is 29.0 Å². The lowest BCUT2D eigenvalue weighted by atomic mass is 9.75. The van der Waals surface area contributed by atoms with Crippen LogP contribution in [0.15, 0.2) is 0 Å². The lowest BCUT2D eigenvalue weighted by molar-refractivity contribution is -0.142. The van der Waals surface area contributed by atoms with E-state index < -0.39 is 34.9 Å². The fourth-order valence-electron chi connectivity index (χ4n) is 3.55. The van der Waals surface area contributed by atoms with Crippen LogP contribution in [0.2, 0.25) is 0 Å². The predicted octanol–water partition coefficient (Wildman–Crippen LogP) is 2.57. The van der Waals surface area contributed by atoms with Gasteiger partial charge < -0.3 is 24.4 Å². The normalized spacial score (nSPS) is 23.4. The summed E-state index contributed by atoms with van der Waals surface area (Å²) in [5, 5.41) is 11.2. The number of likely N-dealkylation sites (tertiary alicyclic amines) is 2. The van der Waals surface area contributed by atoms with Crippen LogP contribution < -0.4 is 0 Å². The van der Waals surface area contributed by atoms with Gasteiger partial charge in [0.15, 0.2) is 0 Å². The van der Waals surface area contributed by atoms with Gasteiger partial charge in [0, 0.05) is 32.6 Å². The van der Waals surface area contributed by atoms with Gasteiger partial charge in [-0.15, -0.1) is 0 Å². The van der Waals surface area contributed by atoms with E-state index in [0.29, 0.717) is 19.6 Å². The molecule has 0 saturated carbocycles. The van der Waals surface area contributed by atoms with E-state index in [1.807, 2.05) is 0 Å². The predicted molar refractivity (Wildman–Crippen MR) is 103 cm³/mol. The Morgan fingerprint density at radius 2 is 1.39 bits per heavy atom. The van der Waals surface area contributed by atoms with Crippen molar-refractivity contribution in [3.8, 4) is 0 Å². The van der Waals surface area contributed by atoms with E-state index in [-0.39, 0.29) is 31.6 Å². The second-order valence-corrected chi connectivity index (χ2v) is 9.77.